The summed E-state index contributed by atoms with van der Waals surface area (Å²) in [7, 11) is 1.67. The second-order valence-electron chi connectivity index (χ2n) is 4.36. The summed E-state index contributed by atoms with van der Waals surface area (Å²) in [6.45, 7) is -0.0390. The Bertz CT molecular complexity index is 743. The van der Waals surface area contributed by atoms with E-state index in [-0.39, 0.29) is 22.8 Å². The number of benzene rings is 1. The van der Waals surface area contributed by atoms with Gasteiger partial charge in [-0.15, -0.1) is 5.10 Å². The van der Waals surface area contributed by atoms with Crippen LogP contribution < -0.4 is 4.90 Å². The van der Waals surface area contributed by atoms with Gasteiger partial charge >= 0.3 is 0 Å². The molecule has 2 heterocycles. The van der Waals surface area contributed by atoms with Crippen LogP contribution in [0.5, 0.6) is 0 Å². The molecule has 20 heavy (non-hydrogen) atoms. The SMILES string of the molecule is Cn1cc(CN2C(=O)C(=O)c3c(Cl)ccc(F)c32)nn1. The van der Waals surface area contributed by atoms with Crippen LogP contribution in [0.3, 0.4) is 0 Å². The molecule has 0 unspecified atom stereocenters. The maximum absolute atomic E-state index is 13.9. The normalized spacial score (nSPS) is 14.1. The van der Waals surface area contributed by atoms with Crippen molar-refractivity contribution in [2.45, 2.75) is 6.54 Å². The number of aromatic nitrogens is 3. The topological polar surface area (TPSA) is 68.1 Å². The third kappa shape index (κ3) is 1.78. The van der Waals surface area contributed by atoms with Crippen molar-refractivity contribution in [3.05, 3.63) is 40.4 Å². The standard InChI is InChI=1S/C12H8ClFN4O2/c1-17-4-6(15-16-17)5-18-10-8(14)3-2-7(13)9(10)11(19)12(18)20/h2-4H,5H2,1H3. The predicted octanol–water partition coefficient (Wildman–Crippen LogP) is 1.34. The zero-order valence-electron chi connectivity index (χ0n) is 10.3. The first-order valence-electron chi connectivity index (χ1n) is 5.68. The molecular weight excluding hydrogens is 287 g/mol. The molecule has 0 radical (unpaired) electrons. The number of anilines is 1. The van der Waals surface area contributed by atoms with E-state index in [1.807, 2.05) is 0 Å². The number of rotatable bonds is 2. The minimum atomic E-state index is -0.822. The lowest BCUT2D eigenvalue weighted by Gasteiger charge is -2.15. The van der Waals surface area contributed by atoms with Crippen LogP contribution in [0.4, 0.5) is 10.1 Å². The van der Waals surface area contributed by atoms with Crippen molar-refractivity contribution in [2.24, 2.45) is 7.05 Å². The molecule has 8 heteroatoms. The zero-order chi connectivity index (χ0) is 14.4. The Morgan fingerprint density at radius 3 is 2.75 bits per heavy atom. The molecule has 3 rings (SSSR count). The van der Waals surface area contributed by atoms with Gasteiger partial charge in [-0.25, -0.2) is 4.39 Å². The highest BCUT2D eigenvalue weighted by molar-refractivity contribution is 6.55. The van der Waals surface area contributed by atoms with Crippen molar-refractivity contribution < 1.29 is 14.0 Å². The van der Waals surface area contributed by atoms with Crippen molar-refractivity contribution in [1.29, 1.82) is 0 Å². The van der Waals surface area contributed by atoms with Crippen LogP contribution in [0.1, 0.15) is 16.1 Å². The minimum Gasteiger partial charge on any atom is -0.296 e. The first kappa shape index (κ1) is 12.7. The molecule has 6 nitrogen and oxygen atoms in total. The van der Waals surface area contributed by atoms with Crippen molar-refractivity contribution >= 4 is 29.0 Å². The molecular formula is C12H8ClFN4O2. The van der Waals surface area contributed by atoms with E-state index in [0.717, 1.165) is 11.0 Å². The van der Waals surface area contributed by atoms with Crippen LogP contribution >= 0.6 is 11.6 Å². The Morgan fingerprint density at radius 1 is 1.35 bits per heavy atom. The Balaban J connectivity index is 2.08. The number of aryl methyl sites for hydroxylation is 1. The van der Waals surface area contributed by atoms with Gasteiger partial charge in [0.05, 0.1) is 22.8 Å². The molecule has 1 aliphatic heterocycles. The highest BCUT2D eigenvalue weighted by Crippen LogP contribution is 2.37. The number of amides is 1. The number of hydrogen-bond acceptors (Lipinski definition) is 4. The summed E-state index contributed by atoms with van der Waals surface area (Å²) >= 11 is 5.88. The molecule has 0 spiro atoms. The molecule has 102 valence electrons. The van der Waals surface area contributed by atoms with Crippen molar-refractivity contribution in [3.8, 4) is 0 Å². The van der Waals surface area contributed by atoms with Crippen LogP contribution in [0, 0.1) is 5.82 Å². The molecule has 0 bridgehead atoms. The van der Waals surface area contributed by atoms with E-state index in [0.29, 0.717) is 5.69 Å². The molecule has 1 aromatic carbocycles. The number of carbonyl (C=O) groups excluding carboxylic acids is 2. The van der Waals surface area contributed by atoms with E-state index in [9.17, 15) is 14.0 Å². The van der Waals surface area contributed by atoms with Crippen LogP contribution in [0.15, 0.2) is 18.3 Å². The molecule has 2 aromatic rings. The summed E-state index contributed by atoms with van der Waals surface area (Å²) in [5.74, 6) is -2.31. The molecule has 0 saturated carbocycles. The Kier molecular flexibility index (Phi) is 2.79. The lowest BCUT2D eigenvalue weighted by molar-refractivity contribution is -0.114. The smallest absolute Gasteiger partial charge is 0.296 e. The summed E-state index contributed by atoms with van der Waals surface area (Å²) in [4.78, 5) is 24.9. The fourth-order valence-electron chi connectivity index (χ4n) is 2.13. The average molecular weight is 295 g/mol. The fraction of sp³-hybridized carbons (Fsp3) is 0.167. The van der Waals surface area contributed by atoms with Crippen molar-refractivity contribution in [1.82, 2.24) is 15.0 Å². The maximum atomic E-state index is 13.9. The third-order valence-electron chi connectivity index (χ3n) is 2.98. The summed E-state index contributed by atoms with van der Waals surface area (Å²) in [6, 6.07) is 2.38. The third-order valence-corrected chi connectivity index (χ3v) is 3.30. The Labute approximate surface area is 117 Å². The number of fused-ring (bicyclic) bond motifs is 1. The number of nitrogens with zero attached hydrogens (tertiary/aromatic N) is 4. The molecule has 1 aromatic heterocycles. The number of halogens is 2. The molecule has 0 N–H and O–H groups in total. The van der Waals surface area contributed by atoms with E-state index in [4.69, 9.17) is 11.6 Å². The monoisotopic (exact) mass is 294 g/mol. The van der Waals surface area contributed by atoms with Gasteiger partial charge in [0.25, 0.3) is 11.7 Å². The molecule has 0 fully saturated rings. The second-order valence-corrected chi connectivity index (χ2v) is 4.76. The van der Waals surface area contributed by atoms with Gasteiger partial charge in [0.1, 0.15) is 11.5 Å². The molecule has 0 aliphatic carbocycles. The van der Waals surface area contributed by atoms with E-state index >= 15 is 0 Å². The van der Waals surface area contributed by atoms with Crippen LogP contribution in [0.25, 0.3) is 0 Å². The average Bonchev–Trinajstić information content (AvgIpc) is 2.92. The Hall–Kier alpha value is -2.28. The van der Waals surface area contributed by atoms with Crippen molar-refractivity contribution in [2.75, 3.05) is 4.90 Å². The predicted molar refractivity (Wildman–Crippen MR) is 67.9 cm³/mol. The van der Waals surface area contributed by atoms with Crippen LogP contribution in [-0.2, 0) is 18.4 Å². The number of carbonyl (C=O) groups is 2. The van der Waals surface area contributed by atoms with Crippen LogP contribution in [-0.4, -0.2) is 26.7 Å². The van der Waals surface area contributed by atoms with Gasteiger partial charge in [0, 0.05) is 13.2 Å². The quantitative estimate of drug-likeness (QED) is 0.784. The van der Waals surface area contributed by atoms with Gasteiger partial charge in [-0.05, 0) is 12.1 Å². The lowest BCUT2D eigenvalue weighted by atomic mass is 10.1. The van der Waals surface area contributed by atoms with E-state index < -0.39 is 17.5 Å². The molecule has 1 amide bonds. The highest BCUT2D eigenvalue weighted by atomic mass is 35.5. The Morgan fingerprint density at radius 2 is 2.10 bits per heavy atom. The maximum Gasteiger partial charge on any atom is 0.299 e. The van der Waals surface area contributed by atoms with Gasteiger partial charge < -0.3 is 0 Å². The summed E-state index contributed by atoms with van der Waals surface area (Å²) < 4.78 is 15.4. The number of hydrogen-bond donors (Lipinski definition) is 0. The van der Waals surface area contributed by atoms with Gasteiger partial charge in [0.15, 0.2) is 0 Å². The van der Waals surface area contributed by atoms with Gasteiger partial charge in [0.2, 0.25) is 0 Å². The molecule has 1 aliphatic rings. The van der Waals surface area contributed by atoms with E-state index in [2.05, 4.69) is 10.3 Å². The van der Waals surface area contributed by atoms with Gasteiger partial charge in [-0.3, -0.25) is 19.2 Å². The molecule has 0 atom stereocenters. The zero-order valence-corrected chi connectivity index (χ0v) is 11.1. The summed E-state index contributed by atoms with van der Waals surface area (Å²) in [5, 5.41) is 7.60. The first-order valence-corrected chi connectivity index (χ1v) is 6.06. The van der Waals surface area contributed by atoms with Crippen molar-refractivity contribution in [3.63, 3.8) is 0 Å². The van der Waals surface area contributed by atoms with Crippen LogP contribution in [0.2, 0.25) is 5.02 Å². The second kappa shape index (κ2) is 4.38. The first-order chi connectivity index (χ1) is 9.49. The summed E-state index contributed by atoms with van der Waals surface area (Å²) in [5.41, 5.74) is 0.250. The minimum absolute atomic E-state index is 0.0390. The fourth-order valence-corrected chi connectivity index (χ4v) is 2.37. The van der Waals surface area contributed by atoms with E-state index in [1.54, 1.807) is 13.2 Å². The lowest BCUT2D eigenvalue weighted by Crippen LogP contribution is -2.29. The number of ketones is 1. The summed E-state index contributed by atoms with van der Waals surface area (Å²) in [6.07, 6.45) is 1.58. The van der Waals surface area contributed by atoms with Gasteiger partial charge in [-0.1, -0.05) is 16.8 Å². The largest absolute Gasteiger partial charge is 0.299 e. The number of Topliss-reactive ketones (excluding diaryl/α,β-unsaturated/α-hetero) is 1. The van der Waals surface area contributed by atoms with Gasteiger partial charge in [-0.2, -0.15) is 0 Å². The van der Waals surface area contributed by atoms with E-state index in [1.165, 1.54) is 10.7 Å². The molecule has 0 saturated heterocycles. The highest BCUT2D eigenvalue weighted by Gasteiger charge is 2.40.